The van der Waals surface area contributed by atoms with Gasteiger partial charge in [-0.1, -0.05) is 12.8 Å². The lowest BCUT2D eigenvalue weighted by molar-refractivity contribution is -0.141. The molecule has 0 aliphatic rings. The summed E-state index contributed by atoms with van der Waals surface area (Å²) in [5.41, 5.74) is -1.03. The van der Waals surface area contributed by atoms with Crippen LogP contribution in [0.2, 0.25) is 5.28 Å². The highest BCUT2D eigenvalue weighted by Gasteiger charge is 2.33. The molecule has 1 heterocycles. The van der Waals surface area contributed by atoms with Crippen molar-refractivity contribution in [2.24, 2.45) is 0 Å². The van der Waals surface area contributed by atoms with Crippen LogP contribution in [0.4, 0.5) is 19.0 Å². The summed E-state index contributed by atoms with van der Waals surface area (Å²) in [7, 11) is 0. The zero-order valence-electron chi connectivity index (χ0n) is 11.1. The molecule has 0 amide bonds. The monoisotopic (exact) mass is 327 g/mol. The number of rotatable bonds is 8. The Bertz CT molecular complexity index is 415. The van der Waals surface area contributed by atoms with Crippen molar-refractivity contribution in [3.8, 4) is 0 Å². The molecule has 114 valence electrons. The van der Waals surface area contributed by atoms with Gasteiger partial charge < -0.3 is 5.32 Å². The molecule has 1 aromatic rings. The molecule has 0 aliphatic carbocycles. The van der Waals surface area contributed by atoms with Crippen molar-refractivity contribution in [3.05, 3.63) is 17.0 Å². The summed E-state index contributed by atoms with van der Waals surface area (Å²) in [5, 5.41) is 2.45. The van der Waals surface area contributed by atoms with Crippen LogP contribution in [-0.2, 0) is 6.18 Å². The van der Waals surface area contributed by atoms with Gasteiger partial charge in [0, 0.05) is 12.6 Å². The normalized spacial score (nSPS) is 11.7. The summed E-state index contributed by atoms with van der Waals surface area (Å²) in [5.74, 6) is 1.26. The van der Waals surface area contributed by atoms with Crippen LogP contribution in [0.3, 0.4) is 0 Å². The first-order valence-electron chi connectivity index (χ1n) is 6.28. The molecule has 0 bridgehead atoms. The predicted octanol–water partition coefficient (Wildman–Crippen LogP) is 4.48. The third kappa shape index (κ3) is 6.65. The van der Waals surface area contributed by atoms with Crippen molar-refractivity contribution in [2.45, 2.75) is 31.9 Å². The number of hydrogen-bond acceptors (Lipinski definition) is 4. The third-order valence-electron chi connectivity index (χ3n) is 2.57. The minimum absolute atomic E-state index is 0.112. The fourth-order valence-electron chi connectivity index (χ4n) is 1.60. The van der Waals surface area contributed by atoms with Crippen LogP contribution < -0.4 is 5.32 Å². The Morgan fingerprint density at radius 2 is 1.90 bits per heavy atom. The van der Waals surface area contributed by atoms with Crippen molar-refractivity contribution >= 4 is 29.2 Å². The van der Waals surface area contributed by atoms with E-state index in [1.54, 1.807) is 0 Å². The highest BCUT2D eigenvalue weighted by atomic mass is 35.5. The molecule has 1 aromatic heterocycles. The topological polar surface area (TPSA) is 37.8 Å². The zero-order valence-corrected chi connectivity index (χ0v) is 12.7. The highest BCUT2D eigenvalue weighted by molar-refractivity contribution is 7.98. The van der Waals surface area contributed by atoms with Gasteiger partial charge in [0.2, 0.25) is 5.28 Å². The molecule has 0 saturated carbocycles. The van der Waals surface area contributed by atoms with Gasteiger partial charge >= 0.3 is 6.18 Å². The maximum atomic E-state index is 12.5. The fourth-order valence-corrected chi connectivity index (χ4v) is 2.27. The van der Waals surface area contributed by atoms with Crippen LogP contribution in [0.5, 0.6) is 0 Å². The molecule has 0 aromatic carbocycles. The average molecular weight is 328 g/mol. The standard InChI is InChI=1S/C12H17ClF3N3S/c1-20-7-5-3-2-4-6-17-10-8-9(12(14,15)16)18-11(13)19-10/h8H,2-7H2,1H3,(H,17,18,19). The molecule has 1 rings (SSSR count). The molecule has 0 unspecified atom stereocenters. The van der Waals surface area contributed by atoms with Gasteiger partial charge in [0.25, 0.3) is 0 Å². The molecule has 8 heteroatoms. The fraction of sp³-hybridized carbons (Fsp3) is 0.667. The van der Waals surface area contributed by atoms with E-state index in [4.69, 9.17) is 11.6 Å². The smallest absolute Gasteiger partial charge is 0.370 e. The number of nitrogens with one attached hydrogen (secondary N) is 1. The molecule has 1 N–H and O–H groups in total. The lowest BCUT2D eigenvalue weighted by Gasteiger charge is -2.09. The van der Waals surface area contributed by atoms with Crippen molar-refractivity contribution in [2.75, 3.05) is 23.9 Å². The number of aromatic nitrogens is 2. The quantitative estimate of drug-likeness (QED) is 0.564. The number of nitrogens with zero attached hydrogens (tertiary/aromatic N) is 2. The van der Waals surface area contributed by atoms with E-state index in [0.29, 0.717) is 6.54 Å². The Morgan fingerprint density at radius 1 is 1.20 bits per heavy atom. The van der Waals surface area contributed by atoms with Crippen molar-refractivity contribution < 1.29 is 13.2 Å². The SMILES string of the molecule is CSCCCCCCNc1cc(C(F)(F)F)nc(Cl)n1. The second-order valence-electron chi connectivity index (χ2n) is 4.24. The molecule has 20 heavy (non-hydrogen) atoms. The minimum Gasteiger partial charge on any atom is -0.370 e. The van der Waals surface area contributed by atoms with Gasteiger partial charge in [0.05, 0.1) is 0 Å². The molecule has 3 nitrogen and oxygen atoms in total. The van der Waals surface area contributed by atoms with Crippen LogP contribution in [-0.4, -0.2) is 28.5 Å². The van der Waals surface area contributed by atoms with E-state index in [2.05, 4.69) is 21.5 Å². The second kappa shape index (κ2) is 8.56. The molecule has 0 saturated heterocycles. The molecule has 0 spiro atoms. The first-order chi connectivity index (χ1) is 9.43. The first-order valence-corrected chi connectivity index (χ1v) is 8.05. The van der Waals surface area contributed by atoms with Crippen molar-refractivity contribution in [1.82, 2.24) is 9.97 Å². The summed E-state index contributed by atoms with van der Waals surface area (Å²) in [4.78, 5) is 6.90. The van der Waals surface area contributed by atoms with Crippen LogP contribution in [0, 0.1) is 0 Å². The van der Waals surface area contributed by atoms with E-state index in [0.717, 1.165) is 31.1 Å². The van der Waals surface area contributed by atoms with Gasteiger partial charge in [-0.25, -0.2) is 9.97 Å². The molecule has 0 aliphatic heterocycles. The average Bonchev–Trinajstić information content (AvgIpc) is 2.36. The Balaban J connectivity index is 2.39. The Kier molecular flexibility index (Phi) is 7.43. The highest BCUT2D eigenvalue weighted by Crippen LogP contribution is 2.29. The van der Waals surface area contributed by atoms with Crippen LogP contribution in [0.1, 0.15) is 31.4 Å². The van der Waals surface area contributed by atoms with Gasteiger partial charge in [-0.15, -0.1) is 0 Å². The van der Waals surface area contributed by atoms with E-state index in [1.807, 2.05) is 11.8 Å². The number of thioether (sulfide) groups is 1. The number of hydrogen-bond donors (Lipinski definition) is 1. The molecule has 0 fully saturated rings. The second-order valence-corrected chi connectivity index (χ2v) is 5.56. The Labute approximate surface area is 125 Å². The Morgan fingerprint density at radius 3 is 2.55 bits per heavy atom. The van der Waals surface area contributed by atoms with E-state index < -0.39 is 17.2 Å². The van der Waals surface area contributed by atoms with Gasteiger partial charge in [-0.2, -0.15) is 24.9 Å². The maximum Gasteiger partial charge on any atom is 0.433 e. The van der Waals surface area contributed by atoms with E-state index >= 15 is 0 Å². The summed E-state index contributed by atoms with van der Waals surface area (Å²) in [6.07, 6.45) is 1.77. The number of unbranched alkanes of at least 4 members (excludes halogenated alkanes) is 3. The van der Waals surface area contributed by atoms with Gasteiger partial charge in [0.15, 0.2) is 5.69 Å². The largest absolute Gasteiger partial charge is 0.433 e. The minimum atomic E-state index is -4.51. The van der Waals surface area contributed by atoms with Gasteiger partial charge in [0.1, 0.15) is 5.82 Å². The van der Waals surface area contributed by atoms with E-state index in [1.165, 1.54) is 6.42 Å². The lowest BCUT2D eigenvalue weighted by atomic mass is 10.2. The Hall–Kier alpha value is -0.690. The summed E-state index contributed by atoms with van der Waals surface area (Å²) < 4.78 is 37.6. The maximum absolute atomic E-state index is 12.5. The summed E-state index contributed by atoms with van der Waals surface area (Å²) in [6.45, 7) is 0.573. The predicted molar refractivity (Wildman–Crippen MR) is 77.4 cm³/mol. The lowest BCUT2D eigenvalue weighted by Crippen LogP contribution is -2.11. The van der Waals surface area contributed by atoms with Crippen LogP contribution in [0.15, 0.2) is 6.07 Å². The number of anilines is 1. The van der Waals surface area contributed by atoms with Crippen LogP contribution in [0.25, 0.3) is 0 Å². The zero-order chi connectivity index (χ0) is 15.0. The van der Waals surface area contributed by atoms with Gasteiger partial charge in [-0.3, -0.25) is 0 Å². The van der Waals surface area contributed by atoms with Gasteiger partial charge in [-0.05, 0) is 36.5 Å². The molecular weight excluding hydrogens is 311 g/mol. The van der Waals surface area contributed by atoms with Crippen molar-refractivity contribution in [1.29, 1.82) is 0 Å². The summed E-state index contributed by atoms with van der Waals surface area (Å²) >= 11 is 7.30. The molecule has 0 atom stereocenters. The molecule has 0 radical (unpaired) electrons. The number of alkyl halides is 3. The summed E-state index contributed by atoms with van der Waals surface area (Å²) in [6, 6.07) is 0.875. The first kappa shape index (κ1) is 17.4. The number of halogens is 4. The van der Waals surface area contributed by atoms with Crippen LogP contribution >= 0.6 is 23.4 Å². The third-order valence-corrected chi connectivity index (χ3v) is 3.44. The van der Waals surface area contributed by atoms with E-state index in [-0.39, 0.29) is 5.82 Å². The van der Waals surface area contributed by atoms with Crippen molar-refractivity contribution in [3.63, 3.8) is 0 Å². The van der Waals surface area contributed by atoms with E-state index in [9.17, 15) is 13.2 Å². The molecular formula is C12H17ClF3N3S.